The van der Waals surface area contributed by atoms with Gasteiger partial charge in [0.15, 0.2) is 0 Å². The number of nitrogens with zero attached hydrogens (tertiary/aromatic N) is 4. The predicted octanol–water partition coefficient (Wildman–Crippen LogP) is 13.6. The summed E-state index contributed by atoms with van der Waals surface area (Å²) in [6.45, 7) is 21.8. The van der Waals surface area contributed by atoms with E-state index in [1.807, 2.05) is 6.20 Å². The zero-order chi connectivity index (χ0) is 45.3. The van der Waals surface area contributed by atoms with E-state index in [-0.39, 0.29) is 37.1 Å². The molecule has 2 aliphatic rings. The molecule has 0 saturated carbocycles. The van der Waals surface area contributed by atoms with Gasteiger partial charge in [-0.25, -0.2) is 4.98 Å². The van der Waals surface area contributed by atoms with Crippen molar-refractivity contribution >= 4 is 83.1 Å². The summed E-state index contributed by atoms with van der Waals surface area (Å²) in [5, 5.41) is 1.74. The van der Waals surface area contributed by atoms with Gasteiger partial charge in [-0.05, 0) is 62.9 Å². The Bertz CT molecular complexity index is 3030. The monoisotopic (exact) mass is 1060 g/mol. The zero-order valence-electron chi connectivity index (χ0n) is 38.9. The van der Waals surface area contributed by atoms with E-state index in [1.54, 1.807) is 11.8 Å². The number of fused-ring (bicyclic) bond motifs is 4. The van der Waals surface area contributed by atoms with E-state index < -0.39 is 21.4 Å². The zero-order valence-corrected chi connectivity index (χ0v) is 42.0. The Labute approximate surface area is 410 Å². The molecule has 12 heteroatoms. The third kappa shape index (κ3) is 8.82. The smallest absolute Gasteiger partial charge is 0.468 e. The first-order valence-corrected chi connectivity index (χ1v) is 23.2. The Morgan fingerprint density at radius 3 is 1.97 bits per heavy atom. The fourth-order valence-electron chi connectivity index (χ4n) is 8.68. The first-order chi connectivity index (χ1) is 31.1. The van der Waals surface area contributed by atoms with Crippen molar-refractivity contribution < 1.29 is 34.8 Å². The van der Waals surface area contributed by atoms with Crippen LogP contribution in [-0.2, 0) is 40.2 Å². The average molecular weight is 1060 g/mol. The number of aromatic nitrogens is 2. The van der Waals surface area contributed by atoms with Gasteiger partial charge in [0, 0.05) is 60.9 Å². The van der Waals surface area contributed by atoms with E-state index in [9.17, 15) is 0 Å². The van der Waals surface area contributed by atoms with Crippen LogP contribution in [0.5, 0.6) is 0 Å². The van der Waals surface area contributed by atoms with Crippen LogP contribution >= 0.6 is 11.8 Å². The van der Waals surface area contributed by atoms with Crippen molar-refractivity contribution in [1.29, 1.82) is 0 Å². The first kappa shape index (κ1) is 46.1. The maximum atomic E-state index is 6.80. The largest absolute Gasteiger partial charge is 0.493 e. The van der Waals surface area contributed by atoms with E-state index in [1.165, 1.54) is 10.9 Å². The molecule has 8 aromatic rings. The number of benzene rings is 6. The number of rotatable bonds is 7. The molecule has 0 atom stereocenters. The summed E-state index contributed by atoms with van der Waals surface area (Å²) < 4.78 is 22.4. The molecular formula is C54H52B3N4O3PtS-3. The maximum Gasteiger partial charge on any atom is 0.468 e. The van der Waals surface area contributed by atoms with Crippen LogP contribution < -0.4 is 15.3 Å². The van der Waals surface area contributed by atoms with Gasteiger partial charge in [0.05, 0.1) is 0 Å². The molecule has 4 heterocycles. The molecule has 0 aliphatic carbocycles. The quantitative estimate of drug-likeness (QED) is 0.116. The van der Waals surface area contributed by atoms with Crippen molar-refractivity contribution in [2.45, 2.75) is 88.1 Å². The number of hydrogen-bond donors (Lipinski definition) is 0. The molecular weight excluding hydrogens is 1010 g/mol. The summed E-state index contributed by atoms with van der Waals surface area (Å²) in [6.07, 6.45) is 1.92. The van der Waals surface area contributed by atoms with Gasteiger partial charge in [0.2, 0.25) is 0 Å². The fourth-order valence-corrected chi connectivity index (χ4v) is 9.51. The van der Waals surface area contributed by atoms with Gasteiger partial charge in [-0.3, -0.25) is 0 Å². The minimum Gasteiger partial charge on any atom is -0.493 e. The van der Waals surface area contributed by atoms with Crippen molar-refractivity contribution in [1.82, 2.24) is 9.55 Å². The Morgan fingerprint density at radius 2 is 1.26 bits per heavy atom. The number of pyridine rings is 1. The minimum atomic E-state index is -0.692. The van der Waals surface area contributed by atoms with Crippen molar-refractivity contribution in [3.8, 4) is 16.9 Å². The average Bonchev–Trinajstić information content (AvgIpc) is 3.84. The van der Waals surface area contributed by atoms with E-state index in [4.69, 9.17) is 18.7 Å². The van der Waals surface area contributed by atoms with Gasteiger partial charge in [-0.2, -0.15) is 24.3 Å². The third-order valence-electron chi connectivity index (χ3n) is 12.1. The Balaban J connectivity index is 0.00000548. The van der Waals surface area contributed by atoms with Gasteiger partial charge in [0.1, 0.15) is 5.82 Å². The van der Waals surface area contributed by atoms with Crippen LogP contribution in [0.1, 0.15) is 67.9 Å². The topological polar surface area (TPSA) is 52.0 Å². The maximum absolute atomic E-state index is 6.80. The predicted molar refractivity (Wildman–Crippen MR) is 272 cm³/mol. The molecule has 0 radical (unpaired) electrons. The van der Waals surface area contributed by atoms with Gasteiger partial charge in [-0.1, -0.05) is 147 Å². The molecule has 0 spiro atoms. The van der Waals surface area contributed by atoms with E-state index >= 15 is 0 Å². The van der Waals surface area contributed by atoms with Crippen molar-refractivity contribution in [2.24, 2.45) is 0 Å². The number of para-hydroxylation sites is 4. The Morgan fingerprint density at radius 1 is 0.606 bits per heavy atom. The molecule has 1 fully saturated rings. The molecule has 0 amide bonds. The number of anilines is 4. The van der Waals surface area contributed by atoms with Crippen LogP contribution in [-0.4, -0.2) is 30.9 Å². The first-order valence-electron chi connectivity index (χ1n) is 22.4. The number of hydrogen-bond acceptors (Lipinski definition) is 7. The molecule has 66 heavy (non-hydrogen) atoms. The van der Waals surface area contributed by atoms with Crippen LogP contribution in [0.25, 0.3) is 38.8 Å². The van der Waals surface area contributed by atoms with Crippen LogP contribution in [0.3, 0.4) is 0 Å². The third-order valence-corrected chi connectivity index (χ3v) is 13.0. The van der Waals surface area contributed by atoms with Crippen LogP contribution in [0.15, 0.2) is 156 Å². The molecule has 1 saturated heterocycles. The van der Waals surface area contributed by atoms with Crippen molar-refractivity contribution in [2.75, 3.05) is 9.80 Å². The molecule has 10 rings (SSSR count). The fraction of sp³-hybridized carbons (Fsp3) is 0.222. The second-order valence-corrected chi connectivity index (χ2v) is 21.3. The summed E-state index contributed by atoms with van der Waals surface area (Å²) in [5.41, 5.74) is 10.4. The molecule has 334 valence electrons. The molecule has 2 aliphatic heterocycles. The van der Waals surface area contributed by atoms with Crippen molar-refractivity contribution in [3.63, 3.8) is 0 Å². The molecule has 2 aromatic heterocycles. The second kappa shape index (κ2) is 17.9. The standard InChI is InChI=1S/C54H52B3N4O3S.Pt/c1-52(2,3)38-31-32-58-50(33-38)61-46-26-14-13-23-43(46)44-30-29-41(35-49(44)61)65-40-22-17-21-39(34-40)59-36-60(48-28-16-15-27-47(48)59)51-42(37-19-11-10-12-20-37)24-18-25-45(51)55-62-56(53(4,5)6)64-57(63-55)54(7,8)9;/h10-33,36H,1-9H3;/q-3;. The molecule has 0 unspecified atom stereocenters. The molecule has 6 aromatic carbocycles. The van der Waals surface area contributed by atoms with E-state index in [0.29, 0.717) is 0 Å². The summed E-state index contributed by atoms with van der Waals surface area (Å²) >= 11 is 1.66. The van der Waals surface area contributed by atoms with Gasteiger partial charge < -0.3 is 28.1 Å². The second-order valence-electron chi connectivity index (χ2n) is 20.2. The van der Waals surface area contributed by atoms with Crippen LogP contribution in [0.2, 0.25) is 10.6 Å². The Kier molecular flexibility index (Phi) is 12.5. The summed E-state index contributed by atoms with van der Waals surface area (Å²) in [4.78, 5) is 11.4. The van der Waals surface area contributed by atoms with E-state index in [0.717, 1.165) is 71.4 Å². The van der Waals surface area contributed by atoms with Crippen LogP contribution in [0, 0.1) is 18.8 Å². The molecule has 0 N–H and O–H groups in total. The van der Waals surface area contributed by atoms with Crippen molar-refractivity contribution in [3.05, 3.63) is 170 Å². The van der Waals surface area contributed by atoms with Gasteiger partial charge in [-0.15, -0.1) is 57.5 Å². The normalized spacial score (nSPS) is 14.6. The Hall–Kier alpha value is -5.02. The summed E-state index contributed by atoms with van der Waals surface area (Å²) in [5.74, 6) is 0.887. The SMILES string of the molecule is CC(C)(C)B1OB(c2cccc(-c3ccccc3)c2N2[CH-]N(c3[c-]c(Sc4[c-]c5c(cc4)c4ccccc4n5-c4cc(C(C)(C)C)ccn4)ccc3)c3ccccc32)OB(C(C)(C)C)O1.[Pt]. The van der Waals surface area contributed by atoms with E-state index in [2.05, 4.69) is 235 Å². The summed E-state index contributed by atoms with van der Waals surface area (Å²) in [7, 11) is -1.67. The van der Waals surface area contributed by atoms with Crippen LogP contribution in [0.4, 0.5) is 22.7 Å². The summed E-state index contributed by atoms with van der Waals surface area (Å²) in [6, 6.07) is 56.7. The van der Waals surface area contributed by atoms with Gasteiger partial charge in [0.25, 0.3) is 0 Å². The molecule has 7 nitrogen and oxygen atoms in total. The molecule has 0 bridgehead atoms. The minimum absolute atomic E-state index is 0. The van der Waals surface area contributed by atoms with Gasteiger partial charge >= 0.3 is 21.4 Å².